The first-order chi connectivity index (χ1) is 12.4. The Bertz CT molecular complexity index is 704. The van der Waals surface area contributed by atoms with Crippen molar-refractivity contribution in [3.05, 3.63) is 35.7 Å². The van der Waals surface area contributed by atoms with Crippen LogP contribution >= 0.6 is 0 Å². The number of nitrogens with one attached hydrogen (secondary N) is 2. The predicted molar refractivity (Wildman–Crippen MR) is 94.6 cm³/mol. The predicted octanol–water partition coefficient (Wildman–Crippen LogP) is 1.05. The van der Waals surface area contributed by atoms with Crippen molar-refractivity contribution in [2.45, 2.75) is 18.9 Å². The molecular formula is C18H23N5O2. The molecule has 0 bridgehead atoms. The van der Waals surface area contributed by atoms with E-state index in [9.17, 15) is 0 Å². The standard InChI is InChI=1S/C18H23N5O2/c1-2-6-20-16(3-1)18-22-15-5-8-19-7-4-14(15)17(23-18)21-11-13-12-24-9-10-25-13/h1-3,6,13,19H,4-5,7-12H2,(H,21,22,23)/t13-/m0/s1. The first kappa shape index (κ1) is 16.4. The third-order valence-corrected chi connectivity index (χ3v) is 4.46. The van der Waals surface area contributed by atoms with Crippen molar-refractivity contribution in [1.29, 1.82) is 0 Å². The van der Waals surface area contributed by atoms with Crippen molar-refractivity contribution < 1.29 is 9.47 Å². The van der Waals surface area contributed by atoms with Crippen molar-refractivity contribution in [1.82, 2.24) is 20.3 Å². The molecule has 2 N–H and O–H groups in total. The lowest BCUT2D eigenvalue weighted by Gasteiger charge is -2.24. The minimum atomic E-state index is 0.0570. The number of anilines is 1. The van der Waals surface area contributed by atoms with Crippen LogP contribution in [0, 0.1) is 0 Å². The molecule has 0 spiro atoms. The highest BCUT2D eigenvalue weighted by atomic mass is 16.6. The second-order valence-corrected chi connectivity index (χ2v) is 6.23. The summed E-state index contributed by atoms with van der Waals surface area (Å²) in [5.41, 5.74) is 3.09. The van der Waals surface area contributed by atoms with E-state index in [0.717, 1.165) is 43.1 Å². The van der Waals surface area contributed by atoms with Crippen LogP contribution in [0.3, 0.4) is 0 Å². The second-order valence-electron chi connectivity index (χ2n) is 6.23. The molecule has 0 aliphatic carbocycles. The molecule has 0 amide bonds. The summed E-state index contributed by atoms with van der Waals surface area (Å²) in [6.07, 6.45) is 3.64. The van der Waals surface area contributed by atoms with Crippen LogP contribution in [0.15, 0.2) is 24.4 Å². The highest BCUT2D eigenvalue weighted by Crippen LogP contribution is 2.23. The third kappa shape index (κ3) is 3.95. The number of hydrogen-bond donors (Lipinski definition) is 2. The summed E-state index contributed by atoms with van der Waals surface area (Å²) in [5, 5.41) is 6.90. The Balaban J connectivity index is 1.62. The van der Waals surface area contributed by atoms with Gasteiger partial charge in [0.25, 0.3) is 0 Å². The highest BCUT2D eigenvalue weighted by Gasteiger charge is 2.20. The molecule has 25 heavy (non-hydrogen) atoms. The lowest BCUT2D eigenvalue weighted by atomic mass is 10.1. The van der Waals surface area contributed by atoms with Gasteiger partial charge in [-0.15, -0.1) is 0 Å². The van der Waals surface area contributed by atoms with Crippen molar-refractivity contribution in [3.63, 3.8) is 0 Å². The summed E-state index contributed by atoms with van der Waals surface area (Å²) in [5.74, 6) is 1.56. The molecule has 2 aliphatic heterocycles. The number of fused-ring (bicyclic) bond motifs is 1. The Morgan fingerprint density at radius 3 is 2.96 bits per heavy atom. The summed E-state index contributed by atoms with van der Waals surface area (Å²) >= 11 is 0. The number of nitrogens with zero attached hydrogens (tertiary/aromatic N) is 3. The molecule has 7 heteroatoms. The molecule has 2 aromatic heterocycles. The maximum Gasteiger partial charge on any atom is 0.180 e. The van der Waals surface area contributed by atoms with Crippen LogP contribution in [0.25, 0.3) is 11.5 Å². The Labute approximate surface area is 147 Å². The zero-order valence-electron chi connectivity index (χ0n) is 14.2. The molecule has 7 nitrogen and oxygen atoms in total. The van der Waals surface area contributed by atoms with Crippen LogP contribution in [0.4, 0.5) is 5.82 Å². The van der Waals surface area contributed by atoms with E-state index in [2.05, 4.69) is 15.6 Å². The molecule has 132 valence electrons. The van der Waals surface area contributed by atoms with E-state index in [1.54, 1.807) is 6.20 Å². The van der Waals surface area contributed by atoms with Crippen LogP contribution in [0.1, 0.15) is 11.3 Å². The Morgan fingerprint density at radius 2 is 2.12 bits per heavy atom. The first-order valence-electron chi connectivity index (χ1n) is 8.85. The van der Waals surface area contributed by atoms with Gasteiger partial charge in [-0.05, 0) is 25.1 Å². The quantitative estimate of drug-likeness (QED) is 0.860. The van der Waals surface area contributed by atoms with Gasteiger partial charge >= 0.3 is 0 Å². The van der Waals surface area contributed by atoms with E-state index < -0.39 is 0 Å². The number of pyridine rings is 1. The zero-order chi connectivity index (χ0) is 16.9. The third-order valence-electron chi connectivity index (χ3n) is 4.46. The molecule has 1 saturated heterocycles. The average molecular weight is 341 g/mol. The highest BCUT2D eigenvalue weighted by molar-refractivity contribution is 5.57. The summed E-state index contributed by atoms with van der Waals surface area (Å²) in [6, 6.07) is 5.80. The fourth-order valence-corrected chi connectivity index (χ4v) is 3.17. The van der Waals surface area contributed by atoms with Crippen LogP contribution in [-0.4, -0.2) is 60.5 Å². The molecule has 4 heterocycles. The largest absolute Gasteiger partial charge is 0.376 e. The van der Waals surface area contributed by atoms with Gasteiger partial charge in [0.15, 0.2) is 5.82 Å². The molecular weight excluding hydrogens is 318 g/mol. The van der Waals surface area contributed by atoms with Gasteiger partial charge in [-0.3, -0.25) is 4.98 Å². The second kappa shape index (κ2) is 7.86. The molecule has 1 fully saturated rings. The lowest BCUT2D eigenvalue weighted by molar-refractivity contribution is -0.0819. The van der Waals surface area contributed by atoms with Gasteiger partial charge in [-0.2, -0.15) is 0 Å². The van der Waals surface area contributed by atoms with E-state index in [1.807, 2.05) is 18.2 Å². The lowest BCUT2D eigenvalue weighted by Crippen LogP contribution is -2.34. The van der Waals surface area contributed by atoms with Crippen LogP contribution in [0.5, 0.6) is 0 Å². The molecule has 1 atom stereocenters. The fraction of sp³-hybridized carbons (Fsp3) is 0.500. The molecule has 0 aromatic carbocycles. The van der Waals surface area contributed by atoms with Gasteiger partial charge in [-0.25, -0.2) is 9.97 Å². The molecule has 0 radical (unpaired) electrons. The molecule has 2 aliphatic rings. The smallest absolute Gasteiger partial charge is 0.180 e. The van der Waals surface area contributed by atoms with E-state index in [1.165, 1.54) is 5.56 Å². The van der Waals surface area contributed by atoms with Crippen LogP contribution in [0.2, 0.25) is 0 Å². The van der Waals surface area contributed by atoms with E-state index in [4.69, 9.17) is 19.4 Å². The van der Waals surface area contributed by atoms with Gasteiger partial charge in [-0.1, -0.05) is 6.07 Å². The van der Waals surface area contributed by atoms with Crippen molar-refractivity contribution in [2.75, 3.05) is 44.8 Å². The Morgan fingerprint density at radius 1 is 1.16 bits per heavy atom. The fourth-order valence-electron chi connectivity index (χ4n) is 3.17. The normalized spacial score (nSPS) is 20.6. The Kier molecular flexibility index (Phi) is 5.15. The van der Waals surface area contributed by atoms with Gasteiger partial charge in [0, 0.05) is 31.3 Å². The van der Waals surface area contributed by atoms with Crippen molar-refractivity contribution in [3.8, 4) is 11.5 Å². The van der Waals surface area contributed by atoms with Gasteiger partial charge < -0.3 is 20.1 Å². The summed E-state index contributed by atoms with van der Waals surface area (Å²) in [6.45, 7) is 4.50. The van der Waals surface area contributed by atoms with Gasteiger partial charge in [0.2, 0.25) is 0 Å². The zero-order valence-corrected chi connectivity index (χ0v) is 14.2. The number of aromatic nitrogens is 3. The van der Waals surface area contributed by atoms with Gasteiger partial charge in [0.1, 0.15) is 11.5 Å². The summed E-state index contributed by atoms with van der Waals surface area (Å²) in [4.78, 5) is 14.0. The van der Waals surface area contributed by atoms with Crippen molar-refractivity contribution >= 4 is 5.82 Å². The summed E-state index contributed by atoms with van der Waals surface area (Å²) < 4.78 is 11.2. The van der Waals surface area contributed by atoms with Crippen LogP contribution in [-0.2, 0) is 22.3 Å². The first-order valence-corrected chi connectivity index (χ1v) is 8.85. The van der Waals surface area contributed by atoms with Crippen molar-refractivity contribution in [2.24, 2.45) is 0 Å². The maximum absolute atomic E-state index is 5.73. The number of ether oxygens (including phenoxy) is 2. The summed E-state index contributed by atoms with van der Waals surface area (Å²) in [7, 11) is 0. The minimum Gasteiger partial charge on any atom is -0.376 e. The SMILES string of the molecule is c1ccc(-c2nc3c(c(NC[C@H]4COCCO4)n2)CCNCC3)nc1. The number of rotatable bonds is 4. The van der Waals surface area contributed by atoms with E-state index >= 15 is 0 Å². The topological polar surface area (TPSA) is 81.2 Å². The molecule has 0 saturated carbocycles. The minimum absolute atomic E-state index is 0.0570. The average Bonchev–Trinajstić information content (AvgIpc) is 2.93. The van der Waals surface area contributed by atoms with Gasteiger partial charge in [0.05, 0.1) is 31.6 Å². The number of hydrogen-bond acceptors (Lipinski definition) is 7. The molecule has 2 aromatic rings. The molecule has 4 rings (SSSR count). The monoisotopic (exact) mass is 341 g/mol. The van der Waals surface area contributed by atoms with E-state index in [0.29, 0.717) is 32.2 Å². The van der Waals surface area contributed by atoms with E-state index in [-0.39, 0.29) is 6.10 Å². The Hall–Kier alpha value is -2.09. The van der Waals surface area contributed by atoms with Crippen LogP contribution < -0.4 is 10.6 Å². The maximum atomic E-state index is 5.73. The molecule has 0 unspecified atom stereocenters.